The van der Waals surface area contributed by atoms with Crippen molar-refractivity contribution in [1.82, 2.24) is 10.0 Å². The van der Waals surface area contributed by atoms with Crippen LogP contribution in [0.2, 0.25) is 0 Å². The van der Waals surface area contributed by atoms with Crippen molar-refractivity contribution in [3.63, 3.8) is 0 Å². The van der Waals surface area contributed by atoms with Gasteiger partial charge in [-0.3, -0.25) is 10.4 Å². The normalized spacial score (nSPS) is 24.0. The van der Waals surface area contributed by atoms with Gasteiger partial charge >= 0.3 is 0 Å². The molecule has 0 amide bonds. The third-order valence-electron chi connectivity index (χ3n) is 1.55. The van der Waals surface area contributed by atoms with E-state index in [1.807, 2.05) is 26.2 Å². The second-order valence-corrected chi connectivity index (χ2v) is 2.39. The highest BCUT2D eigenvalue weighted by atomic mass is 15.7. The number of nitrogens with one attached hydrogen (secondary N) is 1. The Morgan fingerprint density at radius 2 is 2.30 bits per heavy atom. The molecular weight excluding hydrogens is 128 g/mol. The highest BCUT2D eigenvalue weighted by molar-refractivity contribution is 5.75. The number of hydrogen-bond acceptors (Lipinski definition) is 2. The van der Waals surface area contributed by atoms with Crippen LogP contribution in [0.3, 0.4) is 0 Å². The van der Waals surface area contributed by atoms with Crippen molar-refractivity contribution in [2.24, 2.45) is 5.73 Å². The molecule has 0 saturated carbocycles. The minimum Gasteiger partial charge on any atom is -0.369 e. The first kappa shape index (κ1) is 6.92. The zero-order valence-corrected chi connectivity index (χ0v) is 6.20. The molecule has 1 unspecified atom stereocenters. The maximum absolute atomic E-state index is 7.17. The number of guanidine groups is 1. The number of hydrogen-bond donors (Lipinski definition) is 2. The Morgan fingerprint density at radius 3 is 2.50 bits per heavy atom. The third kappa shape index (κ3) is 0.920. The van der Waals surface area contributed by atoms with Crippen LogP contribution >= 0.6 is 0 Å². The first-order valence-corrected chi connectivity index (χ1v) is 3.17. The van der Waals surface area contributed by atoms with Crippen molar-refractivity contribution in [1.29, 1.82) is 5.41 Å². The summed E-state index contributed by atoms with van der Waals surface area (Å²) < 4.78 is 0. The molecule has 1 atom stereocenters. The summed E-state index contributed by atoms with van der Waals surface area (Å²) in [6.07, 6.45) is 3.88. The number of rotatable bonds is 0. The van der Waals surface area contributed by atoms with Crippen LogP contribution in [0.15, 0.2) is 12.3 Å². The molecule has 0 aromatic heterocycles. The fourth-order valence-corrected chi connectivity index (χ4v) is 1.08. The Balaban J connectivity index is 2.69. The van der Waals surface area contributed by atoms with E-state index in [0.29, 0.717) is 0 Å². The van der Waals surface area contributed by atoms with Crippen LogP contribution in [-0.2, 0) is 0 Å². The highest BCUT2D eigenvalue weighted by Crippen LogP contribution is 2.10. The molecule has 1 rings (SSSR count). The van der Waals surface area contributed by atoms with Crippen LogP contribution in [0, 0.1) is 5.41 Å². The van der Waals surface area contributed by atoms with E-state index in [2.05, 4.69) is 0 Å². The van der Waals surface area contributed by atoms with Gasteiger partial charge in [0, 0.05) is 13.2 Å². The van der Waals surface area contributed by atoms with Crippen LogP contribution in [0.1, 0.15) is 6.92 Å². The second-order valence-electron chi connectivity index (χ2n) is 2.39. The standard InChI is InChI=1S/C6H12N4/c1-5-3-4-9(2)10(5)6(7)8/h3-5H,1-2H3,(H3,7,8). The molecule has 3 N–H and O–H groups in total. The van der Waals surface area contributed by atoms with Crippen LogP contribution in [0.25, 0.3) is 0 Å². The Labute approximate surface area is 60.4 Å². The van der Waals surface area contributed by atoms with E-state index >= 15 is 0 Å². The van der Waals surface area contributed by atoms with Gasteiger partial charge in [-0.05, 0) is 13.0 Å². The molecule has 56 valence electrons. The SMILES string of the molecule is CC1C=CN(C)N1C(=N)N. The Hall–Kier alpha value is -1.19. The van der Waals surface area contributed by atoms with Gasteiger partial charge in [0.2, 0.25) is 5.96 Å². The summed E-state index contributed by atoms with van der Waals surface area (Å²) in [5.74, 6) is 0.0833. The van der Waals surface area contributed by atoms with E-state index in [1.54, 1.807) is 10.0 Å². The van der Waals surface area contributed by atoms with E-state index in [0.717, 1.165) is 0 Å². The van der Waals surface area contributed by atoms with Crippen LogP contribution in [-0.4, -0.2) is 29.1 Å². The van der Waals surface area contributed by atoms with E-state index in [4.69, 9.17) is 11.1 Å². The average molecular weight is 140 g/mol. The van der Waals surface area contributed by atoms with Crippen molar-refractivity contribution in [2.45, 2.75) is 13.0 Å². The third-order valence-corrected chi connectivity index (χ3v) is 1.55. The molecule has 4 heteroatoms. The van der Waals surface area contributed by atoms with Gasteiger partial charge in [-0.15, -0.1) is 0 Å². The van der Waals surface area contributed by atoms with Gasteiger partial charge in [0.05, 0.1) is 6.04 Å². The van der Waals surface area contributed by atoms with Gasteiger partial charge in [-0.2, -0.15) is 0 Å². The van der Waals surface area contributed by atoms with Crippen molar-refractivity contribution in [3.05, 3.63) is 12.3 Å². The van der Waals surface area contributed by atoms with Gasteiger partial charge in [-0.25, -0.2) is 5.01 Å². The van der Waals surface area contributed by atoms with Crippen molar-refractivity contribution in [2.75, 3.05) is 7.05 Å². The lowest BCUT2D eigenvalue weighted by atomic mass is 10.3. The van der Waals surface area contributed by atoms with Crippen molar-refractivity contribution in [3.8, 4) is 0 Å². The smallest absolute Gasteiger partial charge is 0.208 e. The van der Waals surface area contributed by atoms with Crippen molar-refractivity contribution < 1.29 is 0 Å². The molecule has 0 aliphatic carbocycles. The number of hydrazine groups is 1. The molecule has 0 aromatic rings. The average Bonchev–Trinajstić information content (AvgIpc) is 2.11. The van der Waals surface area contributed by atoms with E-state index in [9.17, 15) is 0 Å². The van der Waals surface area contributed by atoms with Gasteiger partial charge < -0.3 is 5.73 Å². The minimum absolute atomic E-state index is 0.0833. The molecule has 0 bridgehead atoms. The molecule has 1 heterocycles. The minimum atomic E-state index is 0.0833. The quantitative estimate of drug-likeness (QED) is 0.366. The fourth-order valence-electron chi connectivity index (χ4n) is 1.08. The second kappa shape index (κ2) is 2.21. The van der Waals surface area contributed by atoms with Gasteiger partial charge in [-0.1, -0.05) is 0 Å². The lowest BCUT2D eigenvalue weighted by Crippen LogP contribution is -2.45. The van der Waals surface area contributed by atoms with E-state index in [1.165, 1.54) is 0 Å². The largest absolute Gasteiger partial charge is 0.369 e. The lowest BCUT2D eigenvalue weighted by molar-refractivity contribution is 0.136. The zero-order valence-electron chi connectivity index (χ0n) is 6.20. The summed E-state index contributed by atoms with van der Waals surface area (Å²) in [6, 6.07) is 0.211. The molecule has 0 radical (unpaired) electrons. The maximum Gasteiger partial charge on any atom is 0.208 e. The summed E-state index contributed by atoms with van der Waals surface area (Å²) in [6.45, 7) is 1.99. The van der Waals surface area contributed by atoms with Crippen LogP contribution in [0.5, 0.6) is 0 Å². The van der Waals surface area contributed by atoms with Gasteiger partial charge in [0.15, 0.2) is 0 Å². The maximum atomic E-state index is 7.17. The molecule has 0 spiro atoms. The van der Waals surface area contributed by atoms with E-state index < -0.39 is 0 Å². The molecule has 0 fully saturated rings. The van der Waals surface area contributed by atoms with Gasteiger partial charge in [0.25, 0.3) is 0 Å². The number of nitrogens with zero attached hydrogens (tertiary/aromatic N) is 2. The topological polar surface area (TPSA) is 56.4 Å². The van der Waals surface area contributed by atoms with Crippen molar-refractivity contribution >= 4 is 5.96 Å². The summed E-state index contributed by atoms with van der Waals surface area (Å²) >= 11 is 0. The molecule has 0 saturated heterocycles. The number of nitrogens with two attached hydrogens (primary N) is 1. The first-order chi connectivity index (χ1) is 4.63. The molecular formula is C6H12N4. The highest BCUT2D eigenvalue weighted by Gasteiger charge is 2.20. The molecule has 1 aliphatic heterocycles. The summed E-state index contributed by atoms with van der Waals surface area (Å²) in [7, 11) is 1.86. The van der Waals surface area contributed by atoms with Crippen LogP contribution in [0.4, 0.5) is 0 Å². The predicted octanol–water partition coefficient (Wildman–Crippen LogP) is -0.0555. The fraction of sp³-hybridized carbons (Fsp3) is 0.500. The lowest BCUT2D eigenvalue weighted by Gasteiger charge is -2.28. The molecule has 1 aliphatic rings. The van der Waals surface area contributed by atoms with Gasteiger partial charge in [0.1, 0.15) is 0 Å². The Kier molecular flexibility index (Phi) is 1.53. The molecule has 4 nitrogen and oxygen atoms in total. The summed E-state index contributed by atoms with van der Waals surface area (Å²) in [5.41, 5.74) is 5.31. The Morgan fingerprint density at radius 1 is 1.70 bits per heavy atom. The predicted molar refractivity (Wildman–Crippen MR) is 40.1 cm³/mol. The molecule has 0 aromatic carbocycles. The monoisotopic (exact) mass is 140 g/mol. The van der Waals surface area contributed by atoms with Crippen LogP contribution < -0.4 is 5.73 Å². The molecule has 10 heavy (non-hydrogen) atoms. The summed E-state index contributed by atoms with van der Waals surface area (Å²) in [5, 5.41) is 10.7. The zero-order chi connectivity index (χ0) is 7.72. The Bertz CT molecular complexity index is 163. The summed E-state index contributed by atoms with van der Waals surface area (Å²) in [4.78, 5) is 0. The van der Waals surface area contributed by atoms with E-state index in [-0.39, 0.29) is 12.0 Å². The first-order valence-electron chi connectivity index (χ1n) is 3.17.